The normalized spacial score (nSPS) is 19.6. The number of aliphatic hydroxyl groups is 2. The number of unbranched alkanes of at least 4 members (excludes halogenated alkanes) is 13. The van der Waals surface area contributed by atoms with Gasteiger partial charge < -0.3 is 39.0 Å². The maximum absolute atomic E-state index is 13.0. The quantitative estimate of drug-likeness (QED) is 0.0229. The van der Waals surface area contributed by atoms with Gasteiger partial charge in [-0.25, -0.2) is 4.79 Å². The molecule has 12 heteroatoms. The van der Waals surface area contributed by atoms with Crippen molar-refractivity contribution in [2.24, 2.45) is 0 Å². The third-order valence-corrected chi connectivity index (χ3v) is 11.0. The van der Waals surface area contributed by atoms with Gasteiger partial charge in [0.2, 0.25) is 0 Å². The van der Waals surface area contributed by atoms with E-state index in [-0.39, 0.29) is 25.9 Å². The summed E-state index contributed by atoms with van der Waals surface area (Å²) in [6, 6.07) is 0. The first-order valence-electron chi connectivity index (χ1n) is 25.6. The molecule has 6 atom stereocenters. The fourth-order valence-corrected chi connectivity index (χ4v) is 7.10. The number of aliphatic hydroxyl groups excluding tert-OH is 2. The minimum absolute atomic E-state index is 0.0352. The van der Waals surface area contributed by atoms with Gasteiger partial charge in [-0.2, -0.15) is 0 Å². The van der Waals surface area contributed by atoms with Gasteiger partial charge in [0.05, 0.1) is 6.61 Å². The fourth-order valence-electron chi connectivity index (χ4n) is 7.10. The summed E-state index contributed by atoms with van der Waals surface area (Å²) in [6.45, 7) is 5.61. The Morgan fingerprint density at radius 1 is 0.507 bits per heavy atom. The number of ether oxygens (including phenoxy) is 5. The zero-order valence-corrected chi connectivity index (χ0v) is 41.4. The highest BCUT2D eigenvalue weighted by Crippen LogP contribution is 2.26. The number of carbonyl (C=O) groups is 4. The Morgan fingerprint density at radius 2 is 0.970 bits per heavy atom. The maximum Gasteiger partial charge on any atom is 0.335 e. The van der Waals surface area contributed by atoms with E-state index >= 15 is 0 Å². The summed E-state index contributed by atoms with van der Waals surface area (Å²) >= 11 is 0. The van der Waals surface area contributed by atoms with E-state index in [1.54, 1.807) is 0 Å². The summed E-state index contributed by atoms with van der Waals surface area (Å²) in [7, 11) is 0. The SMILES string of the molecule is CC/C=C\C/C=C\C/C=C\C/C=C\CCC(=O)OC(COC(=O)CCCCCCC/C=C\C/C=C\C/C=C\CC)COC1OC(C(=O)O)C(O)C(O)C1OC(=O)CCCCCCCCCCC. The molecular weight excluding hydrogens is 853 g/mol. The molecule has 6 unspecified atom stereocenters. The van der Waals surface area contributed by atoms with Crippen molar-refractivity contribution < 1.29 is 58.2 Å². The summed E-state index contributed by atoms with van der Waals surface area (Å²) < 4.78 is 28.1. The zero-order chi connectivity index (χ0) is 49.0. The van der Waals surface area contributed by atoms with E-state index in [0.717, 1.165) is 96.3 Å². The Bertz CT molecular complexity index is 1490. The highest BCUT2D eigenvalue weighted by atomic mass is 16.7. The molecule has 380 valence electrons. The molecule has 12 nitrogen and oxygen atoms in total. The lowest BCUT2D eigenvalue weighted by Gasteiger charge is -2.40. The lowest BCUT2D eigenvalue weighted by Crippen LogP contribution is -2.61. The lowest BCUT2D eigenvalue weighted by atomic mass is 9.98. The summed E-state index contributed by atoms with van der Waals surface area (Å²) in [4.78, 5) is 50.7. The van der Waals surface area contributed by atoms with Crippen LogP contribution in [0.2, 0.25) is 0 Å². The molecule has 67 heavy (non-hydrogen) atoms. The molecule has 1 aliphatic rings. The van der Waals surface area contributed by atoms with Gasteiger partial charge in [-0.3, -0.25) is 14.4 Å². The monoisotopic (exact) mass is 941 g/mol. The van der Waals surface area contributed by atoms with Gasteiger partial charge in [-0.05, 0) is 77.0 Å². The molecule has 0 radical (unpaired) electrons. The molecule has 1 saturated heterocycles. The molecule has 0 amide bonds. The largest absolute Gasteiger partial charge is 0.479 e. The highest BCUT2D eigenvalue weighted by Gasteiger charge is 2.50. The van der Waals surface area contributed by atoms with Crippen LogP contribution in [0.25, 0.3) is 0 Å². The molecular formula is C55H88O12. The lowest BCUT2D eigenvalue weighted by molar-refractivity contribution is -0.301. The molecule has 1 fully saturated rings. The molecule has 0 aromatic rings. The van der Waals surface area contributed by atoms with Crippen LogP contribution in [0.5, 0.6) is 0 Å². The Balaban J connectivity index is 2.79. The minimum Gasteiger partial charge on any atom is -0.479 e. The Morgan fingerprint density at radius 3 is 1.49 bits per heavy atom. The first-order valence-corrected chi connectivity index (χ1v) is 25.6. The van der Waals surface area contributed by atoms with E-state index in [2.05, 4.69) is 93.7 Å². The van der Waals surface area contributed by atoms with E-state index < -0.39 is 67.3 Å². The Kier molecular flexibility index (Phi) is 39.3. The topological polar surface area (TPSA) is 175 Å². The molecule has 1 rings (SSSR count). The standard InChI is InChI=1S/C55H88O12/c1-4-7-10-13-16-19-21-23-24-26-27-30-32-35-38-41-47(56)63-44-46(65-48(57)42-39-36-34-31-28-25-22-20-17-14-11-8-5-2)45-64-55-53(51(60)50(59)52(67-55)54(61)62)66-49(58)43-40-37-33-29-18-15-12-9-6-3/h7-8,10-11,16-17,19-20,23-25,28,34,36,46,50-53,55,59-60H,4-6,9,12-15,18,21-22,26-27,29-33,35,37-45H2,1-3H3,(H,61,62)/b10-7-,11-8-,19-16-,20-17-,24-23-,28-25-,36-34-. The molecule has 0 bridgehead atoms. The zero-order valence-electron chi connectivity index (χ0n) is 41.4. The van der Waals surface area contributed by atoms with Crippen LogP contribution in [-0.2, 0) is 42.9 Å². The fraction of sp³-hybridized carbons (Fsp3) is 0.673. The van der Waals surface area contributed by atoms with E-state index in [0.29, 0.717) is 25.7 Å². The smallest absolute Gasteiger partial charge is 0.335 e. The van der Waals surface area contributed by atoms with E-state index in [1.165, 1.54) is 25.7 Å². The van der Waals surface area contributed by atoms with E-state index in [4.69, 9.17) is 23.7 Å². The van der Waals surface area contributed by atoms with Crippen molar-refractivity contribution in [3.05, 3.63) is 85.1 Å². The van der Waals surface area contributed by atoms with Crippen LogP contribution in [0.15, 0.2) is 85.1 Å². The molecule has 0 spiro atoms. The van der Waals surface area contributed by atoms with Crippen LogP contribution in [0.3, 0.4) is 0 Å². The van der Waals surface area contributed by atoms with Gasteiger partial charge >= 0.3 is 23.9 Å². The van der Waals surface area contributed by atoms with Crippen LogP contribution < -0.4 is 0 Å². The number of rotatable bonds is 41. The Labute approximate surface area is 403 Å². The van der Waals surface area contributed by atoms with Gasteiger partial charge in [-0.1, -0.05) is 176 Å². The highest BCUT2D eigenvalue weighted by molar-refractivity contribution is 5.74. The summed E-state index contributed by atoms with van der Waals surface area (Å²) in [5.74, 6) is -3.27. The maximum atomic E-state index is 13.0. The summed E-state index contributed by atoms with van der Waals surface area (Å²) in [5, 5.41) is 31.2. The van der Waals surface area contributed by atoms with Gasteiger partial charge in [-0.15, -0.1) is 0 Å². The molecule has 0 aromatic heterocycles. The predicted octanol–water partition coefficient (Wildman–Crippen LogP) is 12.0. The van der Waals surface area contributed by atoms with Crippen LogP contribution >= 0.6 is 0 Å². The average Bonchev–Trinajstić information content (AvgIpc) is 3.31. The van der Waals surface area contributed by atoms with Crippen molar-refractivity contribution >= 4 is 23.9 Å². The van der Waals surface area contributed by atoms with Gasteiger partial charge in [0, 0.05) is 19.3 Å². The number of esters is 3. The number of carboxylic acids is 1. The summed E-state index contributed by atoms with van der Waals surface area (Å²) in [6.07, 6.45) is 41.8. The number of carbonyl (C=O) groups excluding carboxylic acids is 3. The van der Waals surface area contributed by atoms with E-state index in [1.807, 2.05) is 12.2 Å². The van der Waals surface area contributed by atoms with Gasteiger partial charge in [0.25, 0.3) is 0 Å². The molecule has 0 saturated carbocycles. The third kappa shape index (κ3) is 33.9. The second-order valence-corrected chi connectivity index (χ2v) is 17.0. The average molecular weight is 941 g/mol. The Hall–Kier alpha value is -4.10. The molecule has 0 aromatic carbocycles. The van der Waals surface area contributed by atoms with Crippen molar-refractivity contribution in [3.63, 3.8) is 0 Å². The first kappa shape index (κ1) is 60.9. The number of aliphatic carboxylic acids is 1. The third-order valence-electron chi connectivity index (χ3n) is 11.0. The number of hydrogen-bond donors (Lipinski definition) is 3. The number of allylic oxidation sites excluding steroid dienone is 14. The van der Waals surface area contributed by atoms with Crippen molar-refractivity contribution in [3.8, 4) is 0 Å². The van der Waals surface area contributed by atoms with Crippen molar-refractivity contribution in [2.45, 2.75) is 225 Å². The first-order chi connectivity index (χ1) is 32.6. The second kappa shape index (κ2) is 43.2. The predicted molar refractivity (Wildman–Crippen MR) is 266 cm³/mol. The van der Waals surface area contributed by atoms with Gasteiger partial charge in [0.1, 0.15) is 18.8 Å². The molecule has 0 aliphatic carbocycles. The molecule has 3 N–H and O–H groups in total. The van der Waals surface area contributed by atoms with E-state index in [9.17, 15) is 34.5 Å². The van der Waals surface area contributed by atoms with Crippen molar-refractivity contribution in [1.82, 2.24) is 0 Å². The van der Waals surface area contributed by atoms with Gasteiger partial charge in [0.15, 0.2) is 24.6 Å². The number of hydrogen-bond acceptors (Lipinski definition) is 11. The van der Waals surface area contributed by atoms with Crippen molar-refractivity contribution in [1.29, 1.82) is 0 Å². The molecule has 1 heterocycles. The van der Waals surface area contributed by atoms with Crippen LogP contribution in [0.1, 0.15) is 188 Å². The van der Waals surface area contributed by atoms with Crippen LogP contribution in [-0.4, -0.2) is 89.2 Å². The van der Waals surface area contributed by atoms with Crippen LogP contribution in [0.4, 0.5) is 0 Å². The molecule has 1 aliphatic heterocycles. The number of carboxylic acid groups (broad SMARTS) is 1. The van der Waals surface area contributed by atoms with Crippen molar-refractivity contribution in [2.75, 3.05) is 13.2 Å². The summed E-state index contributed by atoms with van der Waals surface area (Å²) in [5.41, 5.74) is 0. The second-order valence-electron chi connectivity index (χ2n) is 17.0. The minimum atomic E-state index is -1.91. The van der Waals surface area contributed by atoms with Crippen LogP contribution in [0, 0.1) is 0 Å².